The number of nitrogens with zero attached hydrogens (tertiary/aromatic N) is 4. The molecule has 8 heteroatoms. The molecule has 3 aliphatic carbocycles. The first-order chi connectivity index (χ1) is 31.7. The molecule has 6 atom stereocenters. The first kappa shape index (κ1) is 36.3. The van der Waals surface area contributed by atoms with Crippen LogP contribution in [-0.2, 0) is 0 Å². The second-order valence-electron chi connectivity index (χ2n) is 18.2. The van der Waals surface area contributed by atoms with Crippen LogP contribution in [0, 0.1) is 0 Å². The standard InChI is InChI=1S/C56H46N6O2/c1-3-15-33(16-4-1)53-58-54(34-17-5-2-6-18-34)60-55(59-53)44-27-35(61-45-23-11-7-19-36(45)40-30-51-42(28-47(40)61)38-21-9-13-25-49(38)63-51)32-57-56(44)62-46-24-12-8-20-37(46)41-31-52-43(29-48(41)62)39-22-10-14-26-50(39)64-52/h1-6,9-10,13-18,21-32,36-38,49,53-54,58H,7-8,11-12,19-20H2,(H,59,60). The zero-order chi connectivity index (χ0) is 41.9. The van der Waals surface area contributed by atoms with E-state index in [9.17, 15) is 0 Å². The fraction of sp³-hybridized carbons (Fsp3) is 0.214. The van der Waals surface area contributed by atoms with Crippen molar-refractivity contribution in [1.82, 2.24) is 15.6 Å². The Bertz CT molecular complexity index is 3220. The summed E-state index contributed by atoms with van der Waals surface area (Å²) in [7, 11) is 0. The fourth-order valence-corrected chi connectivity index (χ4v) is 11.7. The molecule has 14 rings (SSSR count). The van der Waals surface area contributed by atoms with E-state index < -0.39 is 0 Å². The Morgan fingerprint density at radius 3 is 2.19 bits per heavy atom. The number of nitrogens with one attached hydrogen (secondary N) is 2. The minimum atomic E-state index is -0.297. The summed E-state index contributed by atoms with van der Waals surface area (Å²) in [6.45, 7) is 0. The van der Waals surface area contributed by atoms with Gasteiger partial charge in [-0.1, -0.05) is 109 Å². The van der Waals surface area contributed by atoms with Crippen LogP contribution in [-0.4, -0.2) is 16.9 Å². The van der Waals surface area contributed by atoms with E-state index in [1.165, 1.54) is 33.8 Å². The van der Waals surface area contributed by atoms with Gasteiger partial charge in [0.1, 0.15) is 47.0 Å². The van der Waals surface area contributed by atoms with Crippen LogP contribution in [0.15, 0.2) is 179 Å². The van der Waals surface area contributed by atoms with Gasteiger partial charge in [-0.3, -0.25) is 10.2 Å². The van der Waals surface area contributed by atoms with Crippen molar-refractivity contribution in [2.24, 2.45) is 4.99 Å². The van der Waals surface area contributed by atoms with Gasteiger partial charge in [0.2, 0.25) is 0 Å². The summed E-state index contributed by atoms with van der Waals surface area (Å²) in [6, 6.07) is 41.4. The van der Waals surface area contributed by atoms with Crippen molar-refractivity contribution in [3.63, 3.8) is 0 Å². The molecular formula is C56H46N6O2. The highest BCUT2D eigenvalue weighted by Gasteiger charge is 2.43. The van der Waals surface area contributed by atoms with E-state index in [1.807, 2.05) is 0 Å². The van der Waals surface area contributed by atoms with E-state index in [0.29, 0.717) is 5.92 Å². The van der Waals surface area contributed by atoms with E-state index in [2.05, 4.69) is 178 Å². The molecule has 2 N–H and O–H groups in total. The molecule has 7 aromatic rings. The Morgan fingerprint density at radius 2 is 1.36 bits per heavy atom. The van der Waals surface area contributed by atoms with Gasteiger partial charge in [-0.2, -0.15) is 0 Å². The van der Waals surface area contributed by atoms with Crippen molar-refractivity contribution < 1.29 is 9.15 Å². The van der Waals surface area contributed by atoms with E-state index in [-0.39, 0.29) is 30.3 Å². The average molecular weight is 835 g/mol. The normalized spacial score (nSPS) is 24.8. The lowest BCUT2D eigenvalue weighted by Gasteiger charge is -2.34. The van der Waals surface area contributed by atoms with Gasteiger partial charge in [0.15, 0.2) is 0 Å². The van der Waals surface area contributed by atoms with Crippen LogP contribution < -0.4 is 25.2 Å². The maximum Gasteiger partial charge on any atom is 0.148 e. The van der Waals surface area contributed by atoms with Crippen LogP contribution in [0.1, 0.15) is 102 Å². The topological polar surface area (TPSA) is 78.2 Å². The van der Waals surface area contributed by atoms with Gasteiger partial charge in [0.05, 0.1) is 28.8 Å². The second kappa shape index (κ2) is 14.2. The predicted octanol–water partition coefficient (Wildman–Crippen LogP) is 12.9. The number of ether oxygens (including phenoxy) is 1. The zero-order valence-electron chi connectivity index (χ0n) is 35.3. The molecular weight excluding hydrogens is 789 g/mol. The number of hydrogen-bond acceptors (Lipinski definition) is 8. The predicted molar refractivity (Wildman–Crippen MR) is 255 cm³/mol. The van der Waals surface area contributed by atoms with E-state index in [1.54, 1.807) is 0 Å². The highest BCUT2D eigenvalue weighted by Crippen LogP contribution is 2.57. The minimum Gasteiger partial charge on any atom is -0.485 e. The average Bonchev–Trinajstić information content (AvgIpc) is 4.10. The Morgan fingerprint density at radius 1 is 0.641 bits per heavy atom. The zero-order valence-corrected chi connectivity index (χ0v) is 35.3. The number of aromatic nitrogens is 1. The number of pyridine rings is 1. The molecule has 7 aliphatic rings. The monoisotopic (exact) mass is 834 g/mol. The Hall–Kier alpha value is -7.16. The number of anilines is 4. The van der Waals surface area contributed by atoms with Gasteiger partial charge in [-0.15, -0.1) is 0 Å². The molecule has 0 bridgehead atoms. The van der Waals surface area contributed by atoms with Crippen molar-refractivity contribution in [2.45, 2.75) is 74.7 Å². The van der Waals surface area contributed by atoms with Crippen LogP contribution in [0.3, 0.4) is 0 Å². The van der Waals surface area contributed by atoms with Crippen molar-refractivity contribution in [2.75, 3.05) is 9.80 Å². The first-order valence-corrected chi connectivity index (χ1v) is 23.1. The molecule has 0 radical (unpaired) electrons. The highest BCUT2D eigenvalue weighted by atomic mass is 16.5. The maximum atomic E-state index is 6.60. The number of fused-ring (bicyclic) bond motifs is 12. The summed E-state index contributed by atoms with van der Waals surface area (Å²) in [5, 5.41) is 10.0. The number of rotatable bonds is 5. The second-order valence-corrected chi connectivity index (χ2v) is 18.2. The van der Waals surface area contributed by atoms with Crippen LogP contribution in [0.25, 0.3) is 21.9 Å². The highest BCUT2D eigenvalue weighted by molar-refractivity contribution is 6.09. The maximum absolute atomic E-state index is 6.60. The smallest absolute Gasteiger partial charge is 0.148 e. The van der Waals surface area contributed by atoms with Crippen LogP contribution >= 0.6 is 0 Å². The molecule has 312 valence electrons. The van der Waals surface area contributed by atoms with Gasteiger partial charge in [0, 0.05) is 45.5 Å². The van der Waals surface area contributed by atoms with Crippen LogP contribution in [0.4, 0.5) is 22.9 Å². The Labute approximate surface area is 372 Å². The summed E-state index contributed by atoms with van der Waals surface area (Å²) in [6.07, 6.45) is 21.9. The molecule has 4 aliphatic heterocycles. The number of para-hydroxylation sites is 1. The van der Waals surface area contributed by atoms with Crippen LogP contribution in [0.2, 0.25) is 0 Å². The third-order valence-corrected chi connectivity index (χ3v) is 14.6. The minimum absolute atomic E-state index is 0.0338. The van der Waals surface area contributed by atoms with Crippen LogP contribution in [0.5, 0.6) is 5.75 Å². The first-order valence-electron chi connectivity index (χ1n) is 23.1. The molecule has 0 spiro atoms. The summed E-state index contributed by atoms with van der Waals surface area (Å²) in [5.41, 5.74) is 15.0. The van der Waals surface area contributed by atoms with E-state index in [0.717, 1.165) is 106 Å². The molecule has 0 saturated heterocycles. The van der Waals surface area contributed by atoms with Crippen molar-refractivity contribution in [3.8, 4) is 5.75 Å². The lowest BCUT2D eigenvalue weighted by atomic mass is 9.86. The summed E-state index contributed by atoms with van der Waals surface area (Å²) >= 11 is 0. The molecule has 6 unspecified atom stereocenters. The quantitative estimate of drug-likeness (QED) is 0.179. The van der Waals surface area contributed by atoms with Gasteiger partial charge < -0.3 is 19.4 Å². The number of furan rings is 1. The molecule has 8 nitrogen and oxygen atoms in total. The fourth-order valence-electron chi connectivity index (χ4n) is 11.7. The third-order valence-electron chi connectivity index (χ3n) is 14.6. The lowest BCUT2D eigenvalue weighted by molar-refractivity contribution is 0.268. The Balaban J connectivity index is 0.993. The largest absolute Gasteiger partial charge is 0.485 e. The molecule has 5 aromatic carbocycles. The Kier molecular flexibility index (Phi) is 8.05. The van der Waals surface area contributed by atoms with Crippen molar-refractivity contribution in [3.05, 3.63) is 203 Å². The number of amidine groups is 1. The molecule has 0 saturated carbocycles. The van der Waals surface area contributed by atoms with E-state index >= 15 is 0 Å². The molecule has 0 amide bonds. The summed E-state index contributed by atoms with van der Waals surface area (Å²) in [5.74, 6) is 3.42. The third kappa shape index (κ3) is 5.51. The molecule has 64 heavy (non-hydrogen) atoms. The molecule has 6 heterocycles. The summed E-state index contributed by atoms with van der Waals surface area (Å²) in [4.78, 5) is 16.2. The number of hydrogen-bond donors (Lipinski definition) is 2. The van der Waals surface area contributed by atoms with Crippen molar-refractivity contribution >= 4 is 50.7 Å². The number of allylic oxidation sites excluding steroid dienone is 6. The summed E-state index contributed by atoms with van der Waals surface area (Å²) < 4.78 is 13.1. The SMILES string of the molecule is C1=CC2Oc3cc4c(cc3C2C=C1)N(c1cnc(N2C3=CCCCC3c3cc5oc6ccccc6c5cc32)c(C2=NC(c3ccccc3)NC(c3ccccc3)N2)c1)C1=CCCCC14. The lowest BCUT2D eigenvalue weighted by Crippen LogP contribution is -2.45. The van der Waals surface area contributed by atoms with Gasteiger partial charge in [-0.25, -0.2) is 9.98 Å². The van der Waals surface area contributed by atoms with Crippen molar-refractivity contribution in [1.29, 1.82) is 0 Å². The molecule has 0 fully saturated rings. The van der Waals surface area contributed by atoms with E-state index in [4.69, 9.17) is 19.1 Å². The number of aliphatic imine (C=N–C) groups is 1. The van der Waals surface area contributed by atoms with Gasteiger partial charge >= 0.3 is 0 Å². The van der Waals surface area contributed by atoms with Gasteiger partial charge in [0.25, 0.3) is 0 Å². The van der Waals surface area contributed by atoms with Gasteiger partial charge in [-0.05, 0) is 103 Å². The molecule has 2 aromatic heterocycles. The number of benzene rings is 5.